The van der Waals surface area contributed by atoms with Gasteiger partial charge in [-0.05, 0) is 31.4 Å². The second-order valence-corrected chi connectivity index (χ2v) is 7.03. The Morgan fingerprint density at radius 1 is 1.21 bits per heavy atom. The van der Waals surface area contributed by atoms with Gasteiger partial charge in [0, 0.05) is 11.3 Å². The number of rotatable bonds is 4. The lowest BCUT2D eigenvalue weighted by Gasteiger charge is -2.02. The van der Waals surface area contributed by atoms with Gasteiger partial charge >= 0.3 is 0 Å². The monoisotopic (exact) mass is 341 g/mol. The summed E-state index contributed by atoms with van der Waals surface area (Å²) in [5, 5.41) is 19.2. The lowest BCUT2D eigenvalue weighted by Crippen LogP contribution is -2.12. The SMILES string of the molecule is Cc1ccc(-c2nnc(NC(=O)c3cc(C(C)C)[nH]n3)s2)c(C)c1. The molecule has 0 aliphatic rings. The summed E-state index contributed by atoms with van der Waals surface area (Å²) in [5.74, 6) is -0.00169. The van der Waals surface area contributed by atoms with E-state index in [9.17, 15) is 4.79 Å². The van der Waals surface area contributed by atoms with E-state index in [0.29, 0.717) is 10.8 Å². The molecule has 2 heterocycles. The van der Waals surface area contributed by atoms with Crippen molar-refractivity contribution in [1.82, 2.24) is 20.4 Å². The smallest absolute Gasteiger partial charge is 0.277 e. The van der Waals surface area contributed by atoms with E-state index in [1.807, 2.05) is 32.9 Å². The van der Waals surface area contributed by atoms with Crippen molar-refractivity contribution in [3.05, 3.63) is 46.8 Å². The molecule has 0 fully saturated rings. The Kier molecular flexibility index (Phi) is 4.44. The number of anilines is 1. The molecular formula is C17H19N5OS. The van der Waals surface area contributed by atoms with Crippen LogP contribution in [0.2, 0.25) is 0 Å². The molecule has 7 heteroatoms. The molecule has 1 aromatic carbocycles. The highest BCUT2D eigenvalue weighted by molar-refractivity contribution is 7.18. The quantitative estimate of drug-likeness (QED) is 0.753. The van der Waals surface area contributed by atoms with Crippen molar-refractivity contribution >= 4 is 22.4 Å². The Morgan fingerprint density at radius 3 is 2.67 bits per heavy atom. The number of carbonyl (C=O) groups excluding carboxylic acids is 1. The summed E-state index contributed by atoms with van der Waals surface area (Å²) in [4.78, 5) is 12.3. The molecular weight excluding hydrogens is 322 g/mol. The Hall–Kier alpha value is -2.54. The second kappa shape index (κ2) is 6.52. The number of aryl methyl sites for hydroxylation is 2. The van der Waals surface area contributed by atoms with E-state index in [-0.39, 0.29) is 11.8 Å². The van der Waals surface area contributed by atoms with Crippen LogP contribution in [-0.2, 0) is 0 Å². The predicted octanol–water partition coefficient (Wildman–Crippen LogP) is 3.92. The van der Waals surface area contributed by atoms with Crippen molar-refractivity contribution in [3.63, 3.8) is 0 Å². The molecule has 0 saturated heterocycles. The predicted molar refractivity (Wildman–Crippen MR) is 95.4 cm³/mol. The van der Waals surface area contributed by atoms with Crippen LogP contribution in [-0.4, -0.2) is 26.3 Å². The molecule has 0 atom stereocenters. The van der Waals surface area contributed by atoms with Crippen LogP contribution in [0.1, 0.15) is 47.1 Å². The lowest BCUT2D eigenvalue weighted by atomic mass is 10.1. The first kappa shape index (κ1) is 16.3. The maximum absolute atomic E-state index is 12.3. The molecule has 2 aromatic heterocycles. The van der Waals surface area contributed by atoms with Crippen molar-refractivity contribution in [3.8, 4) is 10.6 Å². The largest absolute Gasteiger partial charge is 0.295 e. The van der Waals surface area contributed by atoms with E-state index in [0.717, 1.165) is 21.8 Å². The minimum atomic E-state index is -0.290. The summed E-state index contributed by atoms with van der Waals surface area (Å²) < 4.78 is 0. The number of aromatic amines is 1. The normalized spacial score (nSPS) is 11.0. The Labute approximate surface area is 144 Å². The van der Waals surface area contributed by atoms with E-state index >= 15 is 0 Å². The molecule has 0 bridgehead atoms. The molecule has 0 radical (unpaired) electrons. The number of aromatic nitrogens is 4. The summed E-state index contributed by atoms with van der Waals surface area (Å²) >= 11 is 1.35. The van der Waals surface area contributed by atoms with Crippen LogP contribution in [0, 0.1) is 13.8 Å². The van der Waals surface area contributed by atoms with Crippen LogP contribution in [0.15, 0.2) is 24.3 Å². The molecule has 6 nitrogen and oxygen atoms in total. The standard InChI is InChI=1S/C17H19N5OS/c1-9(2)13-8-14(20-19-13)15(23)18-17-22-21-16(24-17)12-6-5-10(3)7-11(12)4/h5-9H,1-4H3,(H,19,20)(H,18,22,23). The average Bonchev–Trinajstić information content (AvgIpc) is 3.16. The van der Waals surface area contributed by atoms with E-state index in [1.54, 1.807) is 6.07 Å². The highest BCUT2D eigenvalue weighted by Gasteiger charge is 2.15. The average molecular weight is 341 g/mol. The van der Waals surface area contributed by atoms with Gasteiger partial charge in [-0.1, -0.05) is 48.9 Å². The Balaban J connectivity index is 1.77. The van der Waals surface area contributed by atoms with Gasteiger partial charge in [-0.2, -0.15) is 5.10 Å². The van der Waals surface area contributed by atoms with Gasteiger partial charge in [0.05, 0.1) is 0 Å². The third-order valence-electron chi connectivity index (χ3n) is 3.71. The Morgan fingerprint density at radius 2 is 2.00 bits per heavy atom. The number of nitrogens with one attached hydrogen (secondary N) is 2. The number of benzene rings is 1. The zero-order valence-electron chi connectivity index (χ0n) is 14.0. The van der Waals surface area contributed by atoms with E-state index in [2.05, 4.69) is 38.7 Å². The number of amides is 1. The number of hydrogen-bond donors (Lipinski definition) is 2. The van der Waals surface area contributed by atoms with Gasteiger partial charge in [0.1, 0.15) is 5.01 Å². The van der Waals surface area contributed by atoms with Gasteiger partial charge in [-0.15, -0.1) is 10.2 Å². The topological polar surface area (TPSA) is 83.6 Å². The fraction of sp³-hybridized carbons (Fsp3) is 0.294. The molecule has 3 rings (SSSR count). The number of H-pyrrole nitrogens is 1. The summed E-state index contributed by atoms with van der Waals surface area (Å²) in [7, 11) is 0. The molecule has 24 heavy (non-hydrogen) atoms. The van der Waals surface area contributed by atoms with E-state index in [1.165, 1.54) is 16.9 Å². The summed E-state index contributed by atoms with van der Waals surface area (Å²) in [6.45, 7) is 8.17. The first-order chi connectivity index (χ1) is 11.4. The van der Waals surface area contributed by atoms with Crippen molar-refractivity contribution < 1.29 is 4.79 Å². The molecule has 0 saturated carbocycles. The van der Waals surface area contributed by atoms with Crippen molar-refractivity contribution in [2.24, 2.45) is 0 Å². The third-order valence-corrected chi connectivity index (χ3v) is 4.58. The van der Waals surface area contributed by atoms with Gasteiger partial charge in [0.25, 0.3) is 5.91 Å². The van der Waals surface area contributed by atoms with E-state index in [4.69, 9.17) is 0 Å². The highest BCUT2D eigenvalue weighted by Crippen LogP contribution is 2.29. The van der Waals surface area contributed by atoms with Gasteiger partial charge in [0.2, 0.25) is 5.13 Å². The Bertz CT molecular complexity index is 881. The fourth-order valence-corrected chi connectivity index (χ4v) is 3.18. The van der Waals surface area contributed by atoms with Crippen LogP contribution in [0.4, 0.5) is 5.13 Å². The van der Waals surface area contributed by atoms with Gasteiger partial charge in [-0.25, -0.2) is 0 Å². The number of hydrogen-bond acceptors (Lipinski definition) is 5. The van der Waals surface area contributed by atoms with Crippen LogP contribution in [0.25, 0.3) is 10.6 Å². The van der Waals surface area contributed by atoms with Gasteiger partial charge < -0.3 is 0 Å². The minimum absolute atomic E-state index is 0.289. The molecule has 1 amide bonds. The highest BCUT2D eigenvalue weighted by atomic mass is 32.1. The number of carbonyl (C=O) groups is 1. The molecule has 3 aromatic rings. The van der Waals surface area contributed by atoms with E-state index < -0.39 is 0 Å². The molecule has 2 N–H and O–H groups in total. The van der Waals surface area contributed by atoms with Gasteiger partial charge in [0.15, 0.2) is 5.69 Å². The van der Waals surface area contributed by atoms with Crippen LogP contribution in [0.3, 0.4) is 0 Å². The van der Waals surface area contributed by atoms with Crippen molar-refractivity contribution in [2.75, 3.05) is 5.32 Å². The molecule has 124 valence electrons. The number of nitrogens with zero attached hydrogens (tertiary/aromatic N) is 3. The first-order valence-corrected chi connectivity index (χ1v) is 8.53. The molecule has 0 spiro atoms. The first-order valence-electron chi connectivity index (χ1n) is 7.72. The van der Waals surface area contributed by atoms with Crippen LogP contribution in [0.5, 0.6) is 0 Å². The zero-order chi connectivity index (χ0) is 17.3. The minimum Gasteiger partial charge on any atom is -0.295 e. The second-order valence-electron chi connectivity index (χ2n) is 6.05. The van der Waals surface area contributed by atoms with Crippen LogP contribution >= 0.6 is 11.3 Å². The zero-order valence-corrected chi connectivity index (χ0v) is 14.9. The maximum Gasteiger partial charge on any atom is 0.277 e. The summed E-state index contributed by atoms with van der Waals surface area (Å²) in [5.41, 5.74) is 4.64. The van der Waals surface area contributed by atoms with Crippen molar-refractivity contribution in [1.29, 1.82) is 0 Å². The van der Waals surface area contributed by atoms with Crippen molar-refractivity contribution in [2.45, 2.75) is 33.6 Å². The van der Waals surface area contributed by atoms with Crippen LogP contribution < -0.4 is 5.32 Å². The maximum atomic E-state index is 12.3. The molecule has 0 aliphatic carbocycles. The third kappa shape index (κ3) is 3.35. The summed E-state index contributed by atoms with van der Waals surface area (Å²) in [6.07, 6.45) is 0. The lowest BCUT2D eigenvalue weighted by molar-refractivity contribution is 0.102. The molecule has 0 unspecified atom stereocenters. The fourth-order valence-electron chi connectivity index (χ4n) is 2.35. The summed E-state index contributed by atoms with van der Waals surface area (Å²) in [6, 6.07) is 7.93. The molecule has 0 aliphatic heterocycles. The van der Waals surface area contributed by atoms with Gasteiger partial charge in [-0.3, -0.25) is 15.2 Å².